The molecule has 0 radical (unpaired) electrons. The molecule has 0 saturated carbocycles. The zero-order valence-electron chi connectivity index (χ0n) is 11.4. The highest BCUT2D eigenvalue weighted by molar-refractivity contribution is 5.61. The number of nitrogens with zero attached hydrogens (tertiary/aromatic N) is 1. The first kappa shape index (κ1) is 12.6. The molecule has 4 heteroatoms. The van der Waals surface area contributed by atoms with Gasteiger partial charge in [0, 0.05) is 6.04 Å². The van der Waals surface area contributed by atoms with Crippen LogP contribution in [0.5, 0.6) is 11.5 Å². The van der Waals surface area contributed by atoms with Gasteiger partial charge in [-0.15, -0.1) is 0 Å². The van der Waals surface area contributed by atoms with Crippen molar-refractivity contribution in [2.45, 2.75) is 31.7 Å². The van der Waals surface area contributed by atoms with Crippen molar-refractivity contribution >= 4 is 5.69 Å². The number of aromatic hydroxyl groups is 1. The topological polar surface area (TPSA) is 58.7 Å². The molecule has 0 aliphatic carbocycles. The molecule has 1 aromatic carbocycles. The lowest BCUT2D eigenvalue weighted by Crippen LogP contribution is -2.49. The Morgan fingerprint density at radius 3 is 2.68 bits per heavy atom. The lowest BCUT2D eigenvalue weighted by Gasteiger charge is -2.45. The van der Waals surface area contributed by atoms with Gasteiger partial charge in [0.1, 0.15) is 0 Å². The normalized spacial score (nSPS) is 29.4. The van der Waals surface area contributed by atoms with Crippen molar-refractivity contribution in [2.75, 3.05) is 25.9 Å². The fourth-order valence-corrected chi connectivity index (χ4v) is 3.53. The number of rotatable bonds is 3. The fourth-order valence-electron chi connectivity index (χ4n) is 3.53. The van der Waals surface area contributed by atoms with E-state index in [0.717, 1.165) is 17.9 Å². The summed E-state index contributed by atoms with van der Waals surface area (Å²) >= 11 is 0. The summed E-state index contributed by atoms with van der Waals surface area (Å²) in [5, 5.41) is 9.77. The van der Waals surface area contributed by atoms with Gasteiger partial charge in [0.25, 0.3) is 0 Å². The lowest BCUT2D eigenvalue weighted by atomic mass is 9.81. The second-order valence-corrected chi connectivity index (χ2v) is 5.81. The van der Waals surface area contributed by atoms with E-state index in [2.05, 4.69) is 4.90 Å². The molecule has 3 fully saturated rings. The number of anilines is 1. The van der Waals surface area contributed by atoms with Gasteiger partial charge in [-0.25, -0.2) is 0 Å². The molecule has 3 saturated heterocycles. The number of nitrogen functional groups attached to an aromatic ring is 1. The van der Waals surface area contributed by atoms with Crippen LogP contribution in [0.4, 0.5) is 5.69 Å². The largest absolute Gasteiger partial charge is 0.503 e. The number of hydrogen-bond acceptors (Lipinski definition) is 4. The highest BCUT2D eigenvalue weighted by Gasteiger charge is 2.33. The van der Waals surface area contributed by atoms with E-state index in [4.69, 9.17) is 10.5 Å². The smallest absolute Gasteiger partial charge is 0.181 e. The Hall–Kier alpha value is -1.42. The zero-order valence-corrected chi connectivity index (χ0v) is 11.4. The van der Waals surface area contributed by atoms with Crippen molar-refractivity contribution in [2.24, 2.45) is 5.92 Å². The molecular weight excluding hydrogens is 240 g/mol. The summed E-state index contributed by atoms with van der Waals surface area (Å²) in [6, 6.07) is 4.41. The first-order valence-corrected chi connectivity index (χ1v) is 7.06. The van der Waals surface area contributed by atoms with E-state index >= 15 is 0 Å². The Balaban J connectivity index is 1.78. The molecule has 3 N–H and O–H groups in total. The number of phenols is 1. The molecule has 1 aromatic rings. The molecule has 2 bridgehead atoms. The Labute approximate surface area is 114 Å². The van der Waals surface area contributed by atoms with E-state index in [1.165, 1.54) is 32.4 Å². The first-order chi connectivity index (χ1) is 9.17. The summed E-state index contributed by atoms with van der Waals surface area (Å²) in [6.07, 6.45) is 5.01. The van der Waals surface area contributed by atoms with Crippen LogP contribution in [0.1, 0.15) is 24.8 Å². The van der Waals surface area contributed by atoms with Gasteiger partial charge in [0.2, 0.25) is 0 Å². The third-order valence-corrected chi connectivity index (χ3v) is 4.63. The third-order valence-electron chi connectivity index (χ3n) is 4.63. The molecule has 19 heavy (non-hydrogen) atoms. The number of piperidine rings is 3. The van der Waals surface area contributed by atoms with Gasteiger partial charge in [-0.3, -0.25) is 0 Å². The summed E-state index contributed by atoms with van der Waals surface area (Å²) in [5.74, 6) is 1.44. The Bertz CT molecular complexity index is 467. The first-order valence-electron chi connectivity index (χ1n) is 7.06. The molecule has 0 aromatic heterocycles. The van der Waals surface area contributed by atoms with Crippen LogP contribution in [0.2, 0.25) is 0 Å². The summed E-state index contributed by atoms with van der Waals surface area (Å²) in [7, 11) is 1.56. The molecule has 3 aliphatic heterocycles. The van der Waals surface area contributed by atoms with Crippen molar-refractivity contribution in [3.63, 3.8) is 0 Å². The van der Waals surface area contributed by atoms with Crippen LogP contribution < -0.4 is 10.5 Å². The lowest BCUT2D eigenvalue weighted by molar-refractivity contribution is 0.0498. The Morgan fingerprint density at radius 2 is 2.11 bits per heavy atom. The van der Waals surface area contributed by atoms with Gasteiger partial charge >= 0.3 is 0 Å². The van der Waals surface area contributed by atoms with Gasteiger partial charge < -0.3 is 20.5 Å². The summed E-state index contributed by atoms with van der Waals surface area (Å²) in [4.78, 5) is 2.59. The average Bonchev–Trinajstić information content (AvgIpc) is 2.44. The monoisotopic (exact) mass is 262 g/mol. The minimum Gasteiger partial charge on any atom is -0.503 e. The van der Waals surface area contributed by atoms with Gasteiger partial charge in [0.15, 0.2) is 11.5 Å². The molecule has 3 heterocycles. The number of nitrogens with two attached hydrogens (primary N) is 1. The van der Waals surface area contributed by atoms with E-state index < -0.39 is 0 Å². The number of hydrogen-bond donors (Lipinski definition) is 2. The van der Waals surface area contributed by atoms with Gasteiger partial charge in [0.05, 0.1) is 12.8 Å². The van der Waals surface area contributed by atoms with E-state index in [1.54, 1.807) is 7.11 Å². The summed E-state index contributed by atoms with van der Waals surface area (Å²) in [6.45, 7) is 2.47. The van der Waals surface area contributed by atoms with Crippen LogP contribution in [0.3, 0.4) is 0 Å². The van der Waals surface area contributed by atoms with Crippen LogP contribution in [0.25, 0.3) is 0 Å². The van der Waals surface area contributed by atoms with Crippen molar-refractivity contribution in [3.8, 4) is 11.5 Å². The minimum absolute atomic E-state index is 0.0525. The van der Waals surface area contributed by atoms with Crippen molar-refractivity contribution in [3.05, 3.63) is 17.7 Å². The number of fused-ring (bicyclic) bond motifs is 3. The zero-order chi connectivity index (χ0) is 13.4. The van der Waals surface area contributed by atoms with Crippen LogP contribution in [0, 0.1) is 5.92 Å². The summed E-state index contributed by atoms with van der Waals surface area (Å²) < 4.78 is 5.17. The quantitative estimate of drug-likeness (QED) is 0.646. The maximum Gasteiger partial charge on any atom is 0.181 e. The van der Waals surface area contributed by atoms with Crippen LogP contribution >= 0.6 is 0 Å². The number of benzene rings is 1. The highest BCUT2D eigenvalue weighted by atomic mass is 16.5. The molecule has 1 atom stereocenters. The fraction of sp³-hybridized carbons (Fsp3) is 0.600. The molecule has 3 aliphatic rings. The van der Waals surface area contributed by atoms with Crippen LogP contribution in [0.15, 0.2) is 12.1 Å². The molecule has 1 unspecified atom stereocenters. The van der Waals surface area contributed by atoms with Crippen molar-refractivity contribution in [1.29, 1.82) is 0 Å². The standard InChI is InChI=1S/C15H22N2O2/c1-19-14-9-11(8-13(16)15(14)18)7-12-6-10-2-4-17(12)5-3-10/h8-10,12,18H,2-7,16H2,1H3. The maximum atomic E-state index is 9.77. The Morgan fingerprint density at radius 1 is 1.37 bits per heavy atom. The van der Waals surface area contributed by atoms with Gasteiger partial charge in [-0.1, -0.05) is 0 Å². The summed E-state index contributed by atoms with van der Waals surface area (Å²) in [5.41, 5.74) is 7.40. The molecular formula is C15H22N2O2. The van der Waals surface area contributed by atoms with Crippen molar-refractivity contribution < 1.29 is 9.84 Å². The van der Waals surface area contributed by atoms with Gasteiger partial charge in [-0.2, -0.15) is 0 Å². The molecule has 0 amide bonds. The van der Waals surface area contributed by atoms with Crippen molar-refractivity contribution in [1.82, 2.24) is 4.90 Å². The van der Waals surface area contributed by atoms with Crippen LogP contribution in [-0.2, 0) is 6.42 Å². The molecule has 4 rings (SSSR count). The number of ether oxygens (including phenoxy) is 1. The van der Waals surface area contributed by atoms with E-state index in [1.807, 2.05) is 12.1 Å². The second kappa shape index (κ2) is 4.93. The van der Waals surface area contributed by atoms with Crippen LogP contribution in [-0.4, -0.2) is 36.2 Å². The maximum absolute atomic E-state index is 9.77. The third kappa shape index (κ3) is 2.37. The molecule has 104 valence electrons. The second-order valence-electron chi connectivity index (χ2n) is 5.81. The van der Waals surface area contributed by atoms with Gasteiger partial charge in [-0.05, 0) is 62.4 Å². The number of methoxy groups -OCH3 is 1. The highest BCUT2D eigenvalue weighted by Crippen LogP contribution is 2.37. The Kier molecular flexibility index (Phi) is 3.27. The SMILES string of the molecule is COc1cc(CC2CC3CCN2CC3)cc(N)c1O. The van der Waals surface area contributed by atoms with E-state index in [0.29, 0.717) is 17.5 Å². The molecule has 4 nitrogen and oxygen atoms in total. The van der Waals surface area contributed by atoms with E-state index in [-0.39, 0.29) is 5.75 Å². The molecule has 0 spiro atoms. The minimum atomic E-state index is 0.0525. The predicted octanol–water partition coefficient (Wildman–Crippen LogP) is 2.01. The number of phenolic OH excluding ortho intramolecular Hbond substituents is 1. The average molecular weight is 262 g/mol. The van der Waals surface area contributed by atoms with E-state index in [9.17, 15) is 5.11 Å². The predicted molar refractivity (Wildman–Crippen MR) is 75.5 cm³/mol.